The Hall–Kier alpha value is -0.280. The molecule has 4 fully saturated rings. The van der Waals surface area contributed by atoms with E-state index in [1.807, 2.05) is 0 Å². The number of quaternary nitrogens is 4. The van der Waals surface area contributed by atoms with Crippen LogP contribution in [0, 0.1) is 46.3 Å². The van der Waals surface area contributed by atoms with Crippen molar-refractivity contribution >= 4 is 0 Å². The Balaban J connectivity index is 1.22. The fourth-order valence-electron chi connectivity index (χ4n) is 13.4. The summed E-state index contributed by atoms with van der Waals surface area (Å²) in [4.78, 5) is 0. The highest BCUT2D eigenvalue weighted by molar-refractivity contribution is 5.15. The van der Waals surface area contributed by atoms with Gasteiger partial charge in [0.1, 0.15) is 0 Å². The van der Waals surface area contributed by atoms with Gasteiger partial charge in [0.15, 0.2) is 0 Å². The molecule has 0 radical (unpaired) electrons. The molecule has 0 aromatic heterocycles. The van der Waals surface area contributed by atoms with E-state index in [9.17, 15) is 0 Å². The molecule has 11 N–H and O–H groups in total. The fraction of sp³-hybridized carbons (Fsp3) is 1.00. The molecular formula is C51H104N4O3+4. The van der Waals surface area contributed by atoms with Crippen LogP contribution in [0.2, 0.25) is 0 Å². The first kappa shape index (κ1) is 50.4. The molecule has 11 atom stereocenters. The molecule has 0 aromatic rings. The van der Waals surface area contributed by atoms with Crippen LogP contribution < -0.4 is 22.5 Å². The van der Waals surface area contributed by atoms with Crippen LogP contribution in [0.5, 0.6) is 0 Å². The van der Waals surface area contributed by atoms with Crippen LogP contribution >= 0.6 is 0 Å². The van der Waals surface area contributed by atoms with E-state index >= 15 is 0 Å². The van der Waals surface area contributed by atoms with Crippen molar-refractivity contribution in [1.82, 2.24) is 0 Å². The molecule has 0 amide bonds. The Kier molecular flexibility index (Phi) is 24.7. The first-order valence-corrected chi connectivity index (χ1v) is 26.4. The van der Waals surface area contributed by atoms with Crippen LogP contribution in [0.3, 0.4) is 0 Å². The molecule has 0 saturated heterocycles. The smallest absolute Gasteiger partial charge is 0.0762 e. The van der Waals surface area contributed by atoms with Gasteiger partial charge in [0.05, 0.1) is 70.9 Å². The molecule has 4 rings (SSSR count). The minimum Gasteiger partial charge on any atom is -0.378 e. The van der Waals surface area contributed by atoms with E-state index in [4.69, 9.17) is 14.2 Å². The van der Waals surface area contributed by atoms with Crippen LogP contribution in [-0.4, -0.2) is 70.9 Å². The van der Waals surface area contributed by atoms with Crippen LogP contribution in [0.15, 0.2) is 0 Å². The molecule has 0 heterocycles. The Morgan fingerprint density at radius 2 is 1.14 bits per heavy atom. The lowest BCUT2D eigenvalue weighted by molar-refractivity contribution is -0.655. The zero-order valence-electron chi connectivity index (χ0n) is 39.6. The van der Waals surface area contributed by atoms with Gasteiger partial charge < -0.3 is 36.7 Å². The van der Waals surface area contributed by atoms with E-state index in [0.717, 1.165) is 70.6 Å². The third-order valence-electron chi connectivity index (χ3n) is 17.0. The molecule has 7 heteroatoms. The van der Waals surface area contributed by atoms with Gasteiger partial charge in [-0.15, -0.1) is 0 Å². The largest absolute Gasteiger partial charge is 0.378 e. The summed E-state index contributed by atoms with van der Waals surface area (Å²) in [7, 11) is 0. The molecule has 4 saturated carbocycles. The lowest BCUT2D eigenvalue weighted by Crippen LogP contribution is -2.84. The van der Waals surface area contributed by atoms with Crippen LogP contribution in [0.25, 0.3) is 0 Å². The molecular weight excluding hydrogens is 717 g/mol. The maximum atomic E-state index is 7.14. The first-order chi connectivity index (χ1) is 28.3. The number of rotatable bonds is 34. The third kappa shape index (κ3) is 14.9. The third-order valence-corrected chi connectivity index (χ3v) is 17.0. The fourth-order valence-corrected chi connectivity index (χ4v) is 13.4. The van der Waals surface area contributed by atoms with E-state index < -0.39 is 0 Å². The summed E-state index contributed by atoms with van der Waals surface area (Å²) in [6, 6.07) is 0. The number of fused-ring (bicyclic) bond motifs is 5. The lowest BCUT2D eigenvalue weighted by atomic mass is 9.43. The summed E-state index contributed by atoms with van der Waals surface area (Å²) in [5.74, 6) is 4.18. The maximum Gasteiger partial charge on any atom is 0.0762 e. The highest BCUT2D eigenvalue weighted by Crippen LogP contribution is 2.69. The van der Waals surface area contributed by atoms with Gasteiger partial charge in [-0.3, -0.25) is 0 Å². The Morgan fingerprint density at radius 1 is 0.586 bits per heavy atom. The van der Waals surface area contributed by atoms with E-state index in [1.165, 1.54) is 174 Å². The minimum absolute atomic E-state index is 0.227. The number of unbranched alkanes of at least 4 members (excludes halogenated alkanes) is 15. The highest BCUT2D eigenvalue weighted by Gasteiger charge is 2.66. The lowest BCUT2D eigenvalue weighted by Gasteiger charge is -2.65. The molecule has 0 spiro atoms. The first-order valence-electron chi connectivity index (χ1n) is 26.4. The Bertz CT molecular complexity index is 1030. The Morgan fingerprint density at radius 3 is 1.74 bits per heavy atom. The zero-order valence-corrected chi connectivity index (χ0v) is 39.6. The number of hydrogen-bond donors (Lipinski definition) is 4. The van der Waals surface area contributed by atoms with E-state index in [-0.39, 0.29) is 5.41 Å². The monoisotopic (exact) mass is 821 g/mol. The summed E-state index contributed by atoms with van der Waals surface area (Å²) in [6.07, 6.45) is 39.1. The number of hydrogen-bond acceptors (Lipinski definition) is 3. The van der Waals surface area contributed by atoms with Crippen molar-refractivity contribution in [3.8, 4) is 0 Å². The van der Waals surface area contributed by atoms with Crippen molar-refractivity contribution in [3.63, 3.8) is 0 Å². The van der Waals surface area contributed by atoms with E-state index in [0.29, 0.717) is 47.4 Å². The van der Waals surface area contributed by atoms with Crippen molar-refractivity contribution in [2.75, 3.05) is 52.5 Å². The summed E-state index contributed by atoms with van der Waals surface area (Å²) in [5, 5.41) is 2.64. The summed E-state index contributed by atoms with van der Waals surface area (Å²) < 4.78 is 20.7. The second-order valence-electron chi connectivity index (χ2n) is 21.0. The molecule has 0 aromatic carbocycles. The molecule has 58 heavy (non-hydrogen) atoms. The van der Waals surface area contributed by atoms with E-state index in [2.05, 4.69) is 50.2 Å². The molecule has 4 aliphatic rings. The van der Waals surface area contributed by atoms with Crippen LogP contribution in [0.1, 0.15) is 207 Å². The van der Waals surface area contributed by atoms with Gasteiger partial charge >= 0.3 is 0 Å². The molecule has 0 bridgehead atoms. The quantitative estimate of drug-likeness (QED) is 0.0490. The topological polar surface area (TPSA) is 127 Å². The molecule has 0 aliphatic heterocycles. The summed E-state index contributed by atoms with van der Waals surface area (Å²) in [6.45, 7) is 18.4. The average Bonchev–Trinajstić information content (AvgIpc) is 3.58. The van der Waals surface area contributed by atoms with Crippen molar-refractivity contribution < 1.29 is 36.7 Å². The van der Waals surface area contributed by atoms with Crippen LogP contribution in [-0.2, 0) is 14.2 Å². The Labute approximate surface area is 360 Å². The molecule has 342 valence electrons. The normalized spacial score (nSPS) is 32.5. The van der Waals surface area contributed by atoms with Gasteiger partial charge in [-0.1, -0.05) is 118 Å². The second-order valence-corrected chi connectivity index (χ2v) is 21.0. The van der Waals surface area contributed by atoms with E-state index in [1.54, 1.807) is 0 Å². The molecule has 7 nitrogen and oxygen atoms in total. The van der Waals surface area contributed by atoms with Crippen molar-refractivity contribution in [2.24, 2.45) is 46.3 Å². The predicted molar refractivity (Wildman–Crippen MR) is 242 cm³/mol. The highest BCUT2D eigenvalue weighted by atomic mass is 16.5. The average molecular weight is 821 g/mol. The van der Waals surface area contributed by atoms with Gasteiger partial charge in [-0.2, -0.15) is 0 Å². The van der Waals surface area contributed by atoms with Gasteiger partial charge in [-0.25, -0.2) is 0 Å². The van der Waals surface area contributed by atoms with Crippen molar-refractivity contribution in [1.29, 1.82) is 0 Å². The summed E-state index contributed by atoms with van der Waals surface area (Å²) in [5.41, 5.74) is 13.0. The predicted octanol–water partition coefficient (Wildman–Crippen LogP) is 8.16. The van der Waals surface area contributed by atoms with Crippen LogP contribution in [0.4, 0.5) is 0 Å². The molecule has 0 unspecified atom stereocenters. The number of nitrogens with two attached hydrogens (primary N) is 1. The van der Waals surface area contributed by atoms with Crippen molar-refractivity contribution in [3.05, 3.63) is 0 Å². The van der Waals surface area contributed by atoms with Gasteiger partial charge in [0, 0.05) is 24.7 Å². The summed E-state index contributed by atoms with van der Waals surface area (Å²) >= 11 is 0. The van der Waals surface area contributed by atoms with Crippen molar-refractivity contribution in [2.45, 2.75) is 226 Å². The zero-order chi connectivity index (χ0) is 41.5. The molecule has 4 aliphatic carbocycles. The minimum atomic E-state index is 0.227. The van der Waals surface area contributed by atoms with Gasteiger partial charge in [0.2, 0.25) is 0 Å². The van der Waals surface area contributed by atoms with Gasteiger partial charge in [-0.05, 0) is 112 Å². The number of ether oxygens (including phenoxy) is 3. The maximum absolute atomic E-state index is 7.14. The van der Waals surface area contributed by atoms with Gasteiger partial charge in [0.25, 0.3) is 0 Å². The standard InChI is InChI=1S/C51H100N4O3/c1-5-6-7-8-9-10-11-12-13-14-15-16-17-18-19-20-33-55-34-21-25-41(2)44-26-27-45-49-46(40-48(51(44,45)4)58-37-24-32-54)50(3)29-28-43(56-35-22-30-52)38-42(50)39-47(49)57-36-23-31-53/h41-49,55H,5-40,52-54H2,1-4H3/p+4/t41-,42+,43-,44-,45+,46+,47-,48+,49+,50+,51-/m1/s1. The second kappa shape index (κ2) is 28.4. The SMILES string of the molecule is CCCCCCCCCCCCCCCCCC[NH2+]CCC[C@@H](C)[C@H]1CC[C@H]2[C@@H]3[C@H](OCCC[NH3+])C[C@@H]4C[C@H](OCCC[NH3+])CC[C@]4(C)[C@H]3C[C@H](OCCC[NH3+])[C@]12C.